The van der Waals surface area contributed by atoms with Crippen molar-refractivity contribution in [3.8, 4) is 6.07 Å². The zero-order valence-corrected chi connectivity index (χ0v) is 11.9. The quantitative estimate of drug-likeness (QED) is 0.519. The van der Waals surface area contributed by atoms with Gasteiger partial charge in [0.15, 0.2) is 0 Å². The number of hydrogen-bond donors (Lipinski definition) is 3. The molecule has 21 heavy (non-hydrogen) atoms. The number of amides is 3. The average molecular weight is 296 g/mol. The molecule has 3 atom stereocenters. The highest BCUT2D eigenvalue weighted by Gasteiger charge is 2.38. The number of β-amino-alcohol motifs (C(OH)–C–C–N with tert-alkyl or cyclic N) is 1. The number of likely N-dealkylation sites (tertiary alicyclic amines) is 1. The largest absolute Gasteiger partial charge is 0.391 e. The summed E-state index contributed by atoms with van der Waals surface area (Å²) in [5, 5.41) is 20.5. The van der Waals surface area contributed by atoms with Crippen LogP contribution in [0.25, 0.3) is 0 Å². The summed E-state index contributed by atoms with van der Waals surface area (Å²) in [7, 11) is 0. The molecule has 116 valence electrons. The topological polar surface area (TPSA) is 137 Å². The van der Waals surface area contributed by atoms with Crippen LogP contribution in [0, 0.1) is 11.3 Å². The number of primary amides is 1. The first-order valence-electron chi connectivity index (χ1n) is 6.78. The first-order valence-corrected chi connectivity index (χ1v) is 6.78. The molecule has 0 spiro atoms. The van der Waals surface area contributed by atoms with Crippen LogP contribution in [0.1, 0.15) is 32.6 Å². The molecule has 8 nitrogen and oxygen atoms in total. The Balaban J connectivity index is 2.66. The first kappa shape index (κ1) is 16.9. The first-order chi connectivity index (χ1) is 9.86. The maximum absolute atomic E-state index is 12.2. The Hall–Kier alpha value is -2.14. The van der Waals surface area contributed by atoms with Crippen molar-refractivity contribution in [3.63, 3.8) is 0 Å². The fourth-order valence-corrected chi connectivity index (χ4v) is 2.35. The van der Waals surface area contributed by atoms with E-state index in [4.69, 9.17) is 11.0 Å². The van der Waals surface area contributed by atoms with Gasteiger partial charge in [-0.15, -0.1) is 0 Å². The number of carbonyl (C=O) groups excluding carboxylic acids is 3. The summed E-state index contributed by atoms with van der Waals surface area (Å²) in [6, 6.07) is 0.274. The van der Waals surface area contributed by atoms with E-state index in [2.05, 4.69) is 5.32 Å². The molecule has 4 N–H and O–H groups in total. The third-order valence-electron chi connectivity index (χ3n) is 3.43. The summed E-state index contributed by atoms with van der Waals surface area (Å²) in [4.78, 5) is 36.2. The Kier molecular flexibility index (Phi) is 6.11. The molecule has 0 radical (unpaired) electrons. The van der Waals surface area contributed by atoms with Gasteiger partial charge in [0, 0.05) is 26.3 Å². The summed E-state index contributed by atoms with van der Waals surface area (Å²) in [6.07, 6.45) is 0.351. The maximum Gasteiger partial charge on any atom is 0.243 e. The van der Waals surface area contributed by atoms with Crippen LogP contribution < -0.4 is 11.1 Å². The van der Waals surface area contributed by atoms with Crippen molar-refractivity contribution < 1.29 is 19.5 Å². The number of unbranched alkanes of at least 4 members (excludes halogenated alkanes) is 1. The number of nitriles is 1. The van der Waals surface area contributed by atoms with Crippen molar-refractivity contribution in [2.24, 2.45) is 5.73 Å². The van der Waals surface area contributed by atoms with Gasteiger partial charge in [0.05, 0.1) is 12.2 Å². The summed E-state index contributed by atoms with van der Waals surface area (Å²) in [5.74, 6) is -1.51. The molecule has 0 unspecified atom stereocenters. The Labute approximate surface area is 122 Å². The van der Waals surface area contributed by atoms with Crippen LogP contribution in [0.15, 0.2) is 0 Å². The molecule has 1 heterocycles. The highest BCUT2D eigenvalue weighted by atomic mass is 16.3. The lowest BCUT2D eigenvalue weighted by atomic mass is 10.1. The lowest BCUT2D eigenvalue weighted by Gasteiger charge is -2.24. The monoisotopic (exact) mass is 296 g/mol. The predicted molar refractivity (Wildman–Crippen MR) is 72.4 cm³/mol. The van der Waals surface area contributed by atoms with Crippen molar-refractivity contribution in [2.75, 3.05) is 6.54 Å². The van der Waals surface area contributed by atoms with Crippen molar-refractivity contribution in [1.82, 2.24) is 10.2 Å². The summed E-state index contributed by atoms with van der Waals surface area (Å²) >= 11 is 0. The van der Waals surface area contributed by atoms with E-state index in [9.17, 15) is 19.5 Å². The van der Waals surface area contributed by atoms with E-state index in [1.807, 2.05) is 6.07 Å². The summed E-state index contributed by atoms with van der Waals surface area (Å²) in [6.45, 7) is 1.42. The van der Waals surface area contributed by atoms with Gasteiger partial charge in [0.2, 0.25) is 17.7 Å². The number of hydrogen-bond acceptors (Lipinski definition) is 5. The molecular weight excluding hydrogens is 276 g/mol. The Morgan fingerprint density at radius 3 is 2.71 bits per heavy atom. The highest BCUT2D eigenvalue weighted by Crippen LogP contribution is 2.18. The van der Waals surface area contributed by atoms with Crippen LogP contribution in [0.2, 0.25) is 0 Å². The average Bonchev–Trinajstić information content (AvgIpc) is 2.80. The molecule has 0 aromatic heterocycles. The second kappa shape index (κ2) is 7.59. The minimum absolute atomic E-state index is 0.100. The van der Waals surface area contributed by atoms with Crippen LogP contribution in [0.4, 0.5) is 0 Å². The number of nitrogens with two attached hydrogens (primary N) is 1. The van der Waals surface area contributed by atoms with Gasteiger partial charge in [-0.3, -0.25) is 14.4 Å². The Bertz CT molecular complexity index is 460. The lowest BCUT2D eigenvalue weighted by molar-refractivity contribution is -0.138. The lowest BCUT2D eigenvalue weighted by Crippen LogP contribution is -2.51. The Morgan fingerprint density at radius 2 is 2.19 bits per heavy atom. The van der Waals surface area contributed by atoms with Gasteiger partial charge in [-0.2, -0.15) is 5.26 Å². The summed E-state index contributed by atoms with van der Waals surface area (Å²) in [5.41, 5.74) is 5.22. The molecule has 0 bridgehead atoms. The van der Waals surface area contributed by atoms with E-state index in [-0.39, 0.29) is 31.7 Å². The zero-order chi connectivity index (χ0) is 16.0. The van der Waals surface area contributed by atoms with Crippen LogP contribution >= 0.6 is 0 Å². The van der Waals surface area contributed by atoms with Crippen molar-refractivity contribution in [2.45, 2.75) is 50.8 Å². The second-order valence-electron chi connectivity index (χ2n) is 5.09. The number of carbonyl (C=O) groups is 3. The van der Waals surface area contributed by atoms with Crippen molar-refractivity contribution in [3.05, 3.63) is 0 Å². The van der Waals surface area contributed by atoms with Crippen LogP contribution in [-0.4, -0.2) is 52.5 Å². The van der Waals surface area contributed by atoms with Gasteiger partial charge in [-0.1, -0.05) is 0 Å². The van der Waals surface area contributed by atoms with E-state index in [1.165, 1.54) is 11.8 Å². The standard InChI is InChI=1S/C13H20N4O4/c1-8(18)17-7-9(19)6-11(17)13(21)16-10(12(15)20)4-2-3-5-14/h9-11,19H,2-4,6-7H2,1H3,(H2,15,20)(H,16,21)/t9-,10-,11+/m1/s1. The molecule has 0 aromatic rings. The van der Waals surface area contributed by atoms with Gasteiger partial charge in [0.1, 0.15) is 12.1 Å². The molecule has 1 aliphatic heterocycles. The van der Waals surface area contributed by atoms with Crippen molar-refractivity contribution in [1.29, 1.82) is 5.26 Å². The number of rotatable bonds is 6. The van der Waals surface area contributed by atoms with Gasteiger partial charge >= 0.3 is 0 Å². The van der Waals surface area contributed by atoms with Crippen LogP contribution in [0.5, 0.6) is 0 Å². The molecule has 1 rings (SSSR count). The number of aliphatic hydroxyl groups excluding tert-OH is 1. The predicted octanol–water partition coefficient (Wildman–Crippen LogP) is -1.37. The van der Waals surface area contributed by atoms with Gasteiger partial charge < -0.3 is 21.1 Å². The van der Waals surface area contributed by atoms with E-state index in [1.54, 1.807) is 0 Å². The van der Waals surface area contributed by atoms with E-state index in [0.29, 0.717) is 6.42 Å². The number of aliphatic hydroxyl groups is 1. The molecule has 1 fully saturated rings. The second-order valence-corrected chi connectivity index (χ2v) is 5.09. The fourth-order valence-electron chi connectivity index (χ4n) is 2.35. The molecule has 3 amide bonds. The number of nitrogens with one attached hydrogen (secondary N) is 1. The Morgan fingerprint density at radius 1 is 1.52 bits per heavy atom. The molecule has 0 aromatic carbocycles. The number of nitrogens with zero attached hydrogens (tertiary/aromatic N) is 2. The molecule has 1 aliphatic rings. The third-order valence-corrected chi connectivity index (χ3v) is 3.43. The molecule has 0 saturated carbocycles. The van der Waals surface area contributed by atoms with Gasteiger partial charge in [-0.25, -0.2) is 0 Å². The van der Waals surface area contributed by atoms with Crippen LogP contribution in [-0.2, 0) is 14.4 Å². The molecule has 8 heteroatoms. The summed E-state index contributed by atoms with van der Waals surface area (Å²) < 4.78 is 0. The molecular formula is C13H20N4O4. The van der Waals surface area contributed by atoms with Gasteiger partial charge in [-0.05, 0) is 12.8 Å². The zero-order valence-electron chi connectivity index (χ0n) is 11.9. The van der Waals surface area contributed by atoms with Gasteiger partial charge in [0.25, 0.3) is 0 Å². The molecule has 1 saturated heterocycles. The van der Waals surface area contributed by atoms with Crippen molar-refractivity contribution >= 4 is 17.7 Å². The van der Waals surface area contributed by atoms with E-state index < -0.39 is 30.0 Å². The highest BCUT2D eigenvalue weighted by molar-refractivity contribution is 5.91. The van der Waals surface area contributed by atoms with E-state index in [0.717, 1.165) is 0 Å². The normalized spacial score (nSPS) is 22.4. The third kappa shape index (κ3) is 4.72. The van der Waals surface area contributed by atoms with Crippen LogP contribution in [0.3, 0.4) is 0 Å². The van der Waals surface area contributed by atoms with E-state index >= 15 is 0 Å². The molecule has 0 aliphatic carbocycles. The SMILES string of the molecule is CC(=O)N1C[C@H](O)C[C@H]1C(=O)N[C@H](CCCC#N)C(N)=O. The minimum Gasteiger partial charge on any atom is -0.391 e. The maximum atomic E-state index is 12.2. The smallest absolute Gasteiger partial charge is 0.243 e. The fraction of sp³-hybridized carbons (Fsp3) is 0.692. The minimum atomic E-state index is -0.877.